The minimum atomic E-state index is 0.0477. The van der Waals surface area contributed by atoms with Gasteiger partial charge in [-0.2, -0.15) is 5.10 Å². The zero-order valence-electron chi connectivity index (χ0n) is 14.8. The number of benzene rings is 1. The maximum Gasteiger partial charge on any atom is 0.238 e. The molecule has 1 aliphatic heterocycles. The SMILES string of the molecule is Cc1ccc(-n2nc(C)c(NC(=O)CN3CCCCC3)c2C)cc1. The van der Waals surface area contributed by atoms with Crippen molar-refractivity contribution in [1.29, 1.82) is 0 Å². The molecule has 0 aliphatic carbocycles. The van der Waals surface area contributed by atoms with Gasteiger partial charge in [0.1, 0.15) is 0 Å². The molecule has 1 N–H and O–H groups in total. The van der Waals surface area contributed by atoms with Crippen LogP contribution in [0.25, 0.3) is 5.69 Å². The van der Waals surface area contributed by atoms with Gasteiger partial charge in [0.15, 0.2) is 0 Å². The maximum absolute atomic E-state index is 12.4. The van der Waals surface area contributed by atoms with Crippen LogP contribution in [0.2, 0.25) is 0 Å². The number of piperidine rings is 1. The van der Waals surface area contributed by atoms with E-state index in [0.29, 0.717) is 6.54 Å². The van der Waals surface area contributed by atoms with Crippen molar-refractivity contribution in [2.45, 2.75) is 40.0 Å². The van der Waals surface area contributed by atoms with Crippen LogP contribution in [0.4, 0.5) is 5.69 Å². The molecule has 5 nitrogen and oxygen atoms in total. The lowest BCUT2D eigenvalue weighted by Gasteiger charge is -2.25. The molecule has 0 saturated carbocycles. The smallest absolute Gasteiger partial charge is 0.238 e. The van der Waals surface area contributed by atoms with Gasteiger partial charge in [-0.3, -0.25) is 9.69 Å². The van der Waals surface area contributed by atoms with Crippen molar-refractivity contribution in [2.75, 3.05) is 25.0 Å². The Labute approximate surface area is 143 Å². The molecule has 1 saturated heterocycles. The summed E-state index contributed by atoms with van der Waals surface area (Å²) in [6.45, 7) is 8.51. The van der Waals surface area contributed by atoms with Crippen molar-refractivity contribution >= 4 is 11.6 Å². The molecule has 24 heavy (non-hydrogen) atoms. The molecule has 5 heteroatoms. The van der Waals surface area contributed by atoms with Gasteiger partial charge in [-0.05, 0) is 58.8 Å². The first-order valence-electron chi connectivity index (χ1n) is 8.70. The summed E-state index contributed by atoms with van der Waals surface area (Å²) in [7, 11) is 0. The first-order chi connectivity index (χ1) is 11.5. The fourth-order valence-corrected chi connectivity index (χ4v) is 3.26. The molecule has 3 rings (SSSR count). The average molecular weight is 326 g/mol. The van der Waals surface area contributed by atoms with Crippen LogP contribution in [0.3, 0.4) is 0 Å². The topological polar surface area (TPSA) is 50.2 Å². The summed E-state index contributed by atoms with van der Waals surface area (Å²) in [5.41, 5.74) is 4.87. The third-order valence-electron chi connectivity index (χ3n) is 4.65. The zero-order chi connectivity index (χ0) is 17.1. The monoisotopic (exact) mass is 326 g/mol. The molecule has 1 aromatic heterocycles. The summed E-state index contributed by atoms with van der Waals surface area (Å²) in [6.07, 6.45) is 3.66. The number of amides is 1. The highest BCUT2D eigenvalue weighted by Crippen LogP contribution is 2.23. The standard InChI is InChI=1S/C19H26N4O/c1-14-7-9-17(10-8-14)23-16(3)19(15(2)21-23)20-18(24)13-22-11-5-4-6-12-22/h7-10H,4-6,11-13H2,1-3H3,(H,20,24). The second kappa shape index (κ2) is 7.18. The van der Waals surface area contributed by atoms with E-state index in [4.69, 9.17) is 0 Å². The minimum absolute atomic E-state index is 0.0477. The number of aryl methyl sites for hydroxylation is 2. The second-order valence-corrected chi connectivity index (χ2v) is 6.68. The van der Waals surface area contributed by atoms with E-state index in [9.17, 15) is 4.79 Å². The second-order valence-electron chi connectivity index (χ2n) is 6.68. The summed E-state index contributed by atoms with van der Waals surface area (Å²) in [6, 6.07) is 8.24. The molecule has 128 valence electrons. The molecule has 0 spiro atoms. The maximum atomic E-state index is 12.4. The molecule has 1 aromatic carbocycles. The van der Waals surface area contributed by atoms with E-state index in [1.165, 1.54) is 24.8 Å². The first-order valence-corrected chi connectivity index (χ1v) is 8.70. The summed E-state index contributed by atoms with van der Waals surface area (Å²) in [4.78, 5) is 14.6. The number of carbonyl (C=O) groups is 1. The van der Waals surface area contributed by atoms with Crippen LogP contribution in [-0.2, 0) is 4.79 Å². The van der Waals surface area contributed by atoms with E-state index in [2.05, 4.69) is 34.4 Å². The van der Waals surface area contributed by atoms with E-state index in [-0.39, 0.29) is 5.91 Å². The molecule has 1 amide bonds. The largest absolute Gasteiger partial charge is 0.322 e. The number of nitrogens with one attached hydrogen (secondary N) is 1. The van der Waals surface area contributed by atoms with Crippen LogP contribution >= 0.6 is 0 Å². The van der Waals surface area contributed by atoms with Gasteiger partial charge < -0.3 is 5.32 Å². The van der Waals surface area contributed by atoms with Crippen LogP contribution in [0.15, 0.2) is 24.3 Å². The lowest BCUT2D eigenvalue weighted by molar-refractivity contribution is -0.117. The molecule has 1 aliphatic rings. The Morgan fingerprint density at radius 3 is 2.42 bits per heavy atom. The third-order valence-corrected chi connectivity index (χ3v) is 4.65. The van der Waals surface area contributed by atoms with Crippen molar-refractivity contribution in [2.24, 2.45) is 0 Å². The summed E-state index contributed by atoms with van der Waals surface area (Å²) >= 11 is 0. The number of rotatable bonds is 4. The molecule has 2 aromatic rings. The molecule has 1 fully saturated rings. The molecular formula is C19H26N4O. The fourth-order valence-electron chi connectivity index (χ4n) is 3.26. The first kappa shape index (κ1) is 16.7. The molecule has 0 atom stereocenters. The van der Waals surface area contributed by atoms with Gasteiger partial charge in [0.2, 0.25) is 5.91 Å². The average Bonchev–Trinajstić information content (AvgIpc) is 2.85. The highest BCUT2D eigenvalue weighted by molar-refractivity contribution is 5.93. The van der Waals surface area contributed by atoms with E-state index in [1.807, 2.05) is 30.7 Å². The Bertz CT molecular complexity index is 712. The highest BCUT2D eigenvalue weighted by Gasteiger charge is 2.18. The molecule has 0 bridgehead atoms. The van der Waals surface area contributed by atoms with E-state index < -0.39 is 0 Å². The fraction of sp³-hybridized carbons (Fsp3) is 0.474. The Hall–Kier alpha value is -2.14. The van der Waals surface area contributed by atoms with E-state index in [1.54, 1.807) is 0 Å². The van der Waals surface area contributed by atoms with Gasteiger partial charge >= 0.3 is 0 Å². The van der Waals surface area contributed by atoms with Crippen molar-refractivity contribution in [3.8, 4) is 5.69 Å². The van der Waals surface area contributed by atoms with Crippen LogP contribution in [0.5, 0.6) is 0 Å². The van der Waals surface area contributed by atoms with Crippen LogP contribution in [0.1, 0.15) is 36.2 Å². The number of likely N-dealkylation sites (tertiary alicyclic amines) is 1. The van der Waals surface area contributed by atoms with E-state index >= 15 is 0 Å². The van der Waals surface area contributed by atoms with Crippen LogP contribution in [-0.4, -0.2) is 40.2 Å². The predicted molar refractivity (Wildman–Crippen MR) is 96.7 cm³/mol. The Kier molecular flexibility index (Phi) is 5.00. The van der Waals surface area contributed by atoms with Crippen LogP contribution in [0, 0.1) is 20.8 Å². The van der Waals surface area contributed by atoms with Gasteiger partial charge in [0.25, 0.3) is 0 Å². The molecule has 2 heterocycles. The Morgan fingerprint density at radius 2 is 1.75 bits per heavy atom. The Balaban J connectivity index is 1.74. The van der Waals surface area contributed by atoms with Crippen molar-refractivity contribution < 1.29 is 4.79 Å². The number of carbonyl (C=O) groups excluding carboxylic acids is 1. The third kappa shape index (κ3) is 3.67. The van der Waals surface area contributed by atoms with Gasteiger partial charge in [-0.1, -0.05) is 24.1 Å². The lowest BCUT2D eigenvalue weighted by atomic mass is 10.1. The summed E-state index contributed by atoms with van der Waals surface area (Å²) in [5, 5.41) is 7.66. The Morgan fingerprint density at radius 1 is 1.08 bits per heavy atom. The predicted octanol–water partition coefficient (Wildman–Crippen LogP) is 3.22. The van der Waals surface area contributed by atoms with Gasteiger partial charge in [0.05, 0.1) is 29.3 Å². The molecule has 0 unspecified atom stereocenters. The molecular weight excluding hydrogens is 300 g/mol. The number of hydrogen-bond donors (Lipinski definition) is 1. The van der Waals surface area contributed by atoms with Gasteiger partial charge in [-0.25, -0.2) is 4.68 Å². The number of hydrogen-bond acceptors (Lipinski definition) is 3. The minimum Gasteiger partial charge on any atom is -0.322 e. The molecule has 0 radical (unpaired) electrons. The number of aromatic nitrogens is 2. The van der Waals surface area contributed by atoms with Crippen molar-refractivity contribution in [1.82, 2.24) is 14.7 Å². The summed E-state index contributed by atoms with van der Waals surface area (Å²) in [5.74, 6) is 0.0477. The lowest BCUT2D eigenvalue weighted by Crippen LogP contribution is -2.37. The van der Waals surface area contributed by atoms with Crippen molar-refractivity contribution in [3.63, 3.8) is 0 Å². The van der Waals surface area contributed by atoms with Gasteiger partial charge in [-0.15, -0.1) is 0 Å². The number of anilines is 1. The van der Waals surface area contributed by atoms with E-state index in [0.717, 1.165) is 35.9 Å². The zero-order valence-corrected chi connectivity index (χ0v) is 14.8. The quantitative estimate of drug-likeness (QED) is 0.938. The normalized spacial score (nSPS) is 15.5. The summed E-state index contributed by atoms with van der Waals surface area (Å²) < 4.78 is 1.89. The van der Waals surface area contributed by atoms with Gasteiger partial charge in [0, 0.05) is 0 Å². The van der Waals surface area contributed by atoms with Crippen molar-refractivity contribution in [3.05, 3.63) is 41.2 Å². The number of nitrogens with zero attached hydrogens (tertiary/aromatic N) is 3. The van der Waals surface area contributed by atoms with Crippen LogP contribution < -0.4 is 5.32 Å². The highest BCUT2D eigenvalue weighted by atomic mass is 16.2.